The fraction of sp³-hybridized carbons (Fsp3) is 0.286. The summed E-state index contributed by atoms with van der Waals surface area (Å²) in [6.45, 7) is 3.42. The van der Waals surface area contributed by atoms with Crippen molar-refractivity contribution in [3.8, 4) is 11.5 Å². The minimum Gasteiger partial charge on any atom is -0.460 e. The van der Waals surface area contributed by atoms with Crippen LogP contribution in [0.4, 0.5) is 8.78 Å². The van der Waals surface area contributed by atoms with Gasteiger partial charge in [0, 0.05) is 17.5 Å². The van der Waals surface area contributed by atoms with Gasteiger partial charge in [-0.15, -0.1) is 8.78 Å². The second-order valence-corrected chi connectivity index (χ2v) is 8.76. The van der Waals surface area contributed by atoms with Gasteiger partial charge in [-0.05, 0) is 50.1 Å². The summed E-state index contributed by atoms with van der Waals surface area (Å²) >= 11 is 0. The molecule has 32 heavy (non-hydrogen) atoms. The molecule has 0 saturated carbocycles. The van der Waals surface area contributed by atoms with Crippen LogP contribution < -0.4 is 14.2 Å². The number of hydrogen-bond donors (Lipinski definition) is 1. The summed E-state index contributed by atoms with van der Waals surface area (Å²) in [6.07, 6.45) is -3.65. The lowest BCUT2D eigenvalue weighted by molar-refractivity contribution is -0.286. The highest BCUT2D eigenvalue weighted by Crippen LogP contribution is 2.43. The fourth-order valence-electron chi connectivity index (χ4n) is 3.38. The number of hydrogen-bond acceptors (Lipinski definition) is 7. The van der Waals surface area contributed by atoms with E-state index in [-0.39, 0.29) is 41.7 Å². The van der Waals surface area contributed by atoms with Gasteiger partial charge in [-0.1, -0.05) is 12.1 Å². The first-order chi connectivity index (χ1) is 15.1. The van der Waals surface area contributed by atoms with Crippen LogP contribution in [0, 0.1) is 6.92 Å². The number of benzene rings is 2. The number of esters is 1. The molecule has 1 aromatic heterocycles. The molecule has 0 aliphatic carbocycles. The second-order valence-electron chi connectivity index (χ2n) is 6.99. The highest BCUT2D eigenvalue weighted by molar-refractivity contribution is 7.89. The Morgan fingerprint density at radius 3 is 2.72 bits per heavy atom. The van der Waals surface area contributed by atoms with Crippen LogP contribution >= 0.6 is 0 Å². The van der Waals surface area contributed by atoms with Crippen molar-refractivity contribution in [2.24, 2.45) is 0 Å². The number of nitrogens with one attached hydrogen (secondary N) is 1. The molecule has 1 N–H and O–H groups in total. The molecule has 170 valence electrons. The maximum atomic E-state index is 13.3. The number of alkyl halides is 2. The Hall–Kier alpha value is -3.18. The average molecular weight is 467 g/mol. The maximum Gasteiger partial charge on any atom is 0.586 e. The summed E-state index contributed by atoms with van der Waals surface area (Å²) in [5.41, 5.74) is 1.19. The number of aryl methyl sites for hydroxylation is 1. The number of carbonyl (C=O) groups excluding carboxylic acids is 1. The Labute approximate surface area is 182 Å². The van der Waals surface area contributed by atoms with E-state index in [9.17, 15) is 22.0 Å². The quantitative estimate of drug-likeness (QED) is 0.528. The molecule has 0 bridgehead atoms. The van der Waals surface area contributed by atoms with E-state index in [2.05, 4.69) is 14.2 Å². The Bertz CT molecular complexity index is 1300. The standard InChI is InChI=1S/C21H19F2NO7S/c1-3-28-20(25)18-12(2)15-11-14(7-8-16(15)29-18)32(26,27)24-10-9-13-5-4-6-17-19(13)31-21(22,23)30-17/h4-8,11,24H,3,9-10H2,1-2H3. The lowest BCUT2D eigenvalue weighted by atomic mass is 10.1. The van der Waals surface area contributed by atoms with Gasteiger partial charge in [0.05, 0.1) is 11.5 Å². The molecule has 1 aliphatic rings. The van der Waals surface area contributed by atoms with Crippen molar-refractivity contribution in [1.82, 2.24) is 4.72 Å². The Morgan fingerprint density at radius 1 is 1.19 bits per heavy atom. The van der Waals surface area contributed by atoms with Gasteiger partial charge in [-0.2, -0.15) is 0 Å². The smallest absolute Gasteiger partial charge is 0.460 e. The lowest BCUT2D eigenvalue weighted by Gasteiger charge is -2.09. The molecule has 4 rings (SSSR count). The van der Waals surface area contributed by atoms with Gasteiger partial charge >= 0.3 is 12.3 Å². The van der Waals surface area contributed by atoms with Gasteiger partial charge in [0.1, 0.15) is 5.58 Å². The fourth-order valence-corrected chi connectivity index (χ4v) is 4.44. The molecule has 11 heteroatoms. The van der Waals surface area contributed by atoms with E-state index < -0.39 is 22.3 Å². The molecule has 1 aliphatic heterocycles. The zero-order valence-corrected chi connectivity index (χ0v) is 17.9. The first-order valence-electron chi connectivity index (χ1n) is 9.69. The number of fused-ring (bicyclic) bond motifs is 2. The van der Waals surface area contributed by atoms with E-state index in [4.69, 9.17) is 9.15 Å². The largest absolute Gasteiger partial charge is 0.586 e. The van der Waals surface area contributed by atoms with Crippen LogP contribution in [0.15, 0.2) is 45.7 Å². The number of para-hydroxylation sites is 1. The van der Waals surface area contributed by atoms with E-state index in [1.807, 2.05) is 0 Å². The van der Waals surface area contributed by atoms with Crippen LogP contribution in [0.2, 0.25) is 0 Å². The van der Waals surface area contributed by atoms with Crippen LogP contribution in [0.1, 0.15) is 28.6 Å². The number of sulfonamides is 1. The molecule has 0 saturated heterocycles. The first kappa shape index (κ1) is 22.0. The number of ether oxygens (including phenoxy) is 3. The summed E-state index contributed by atoms with van der Waals surface area (Å²) < 4.78 is 73.9. The highest BCUT2D eigenvalue weighted by Gasteiger charge is 2.44. The number of carbonyl (C=O) groups is 1. The molecule has 2 heterocycles. The summed E-state index contributed by atoms with van der Waals surface area (Å²) in [6, 6.07) is 8.62. The van der Waals surface area contributed by atoms with Gasteiger partial charge in [-0.25, -0.2) is 17.9 Å². The van der Waals surface area contributed by atoms with Crippen molar-refractivity contribution < 1.29 is 40.6 Å². The third-order valence-corrected chi connectivity index (χ3v) is 6.33. The summed E-state index contributed by atoms with van der Waals surface area (Å²) in [4.78, 5) is 12.0. The van der Waals surface area contributed by atoms with E-state index in [0.29, 0.717) is 22.1 Å². The highest BCUT2D eigenvalue weighted by atomic mass is 32.2. The van der Waals surface area contributed by atoms with E-state index in [1.165, 1.54) is 30.3 Å². The monoisotopic (exact) mass is 467 g/mol. The van der Waals surface area contributed by atoms with Gasteiger partial charge in [-0.3, -0.25) is 0 Å². The summed E-state index contributed by atoms with van der Waals surface area (Å²) in [5, 5.41) is 0.463. The average Bonchev–Trinajstić information content (AvgIpc) is 3.23. The third-order valence-electron chi connectivity index (χ3n) is 4.88. The zero-order chi connectivity index (χ0) is 23.1. The number of furan rings is 1. The first-order valence-corrected chi connectivity index (χ1v) is 11.2. The minimum atomic E-state index is -3.92. The number of halogens is 2. The van der Waals surface area contributed by atoms with Crippen LogP contribution in [-0.4, -0.2) is 33.8 Å². The van der Waals surface area contributed by atoms with Crippen LogP contribution in [-0.2, 0) is 21.2 Å². The Morgan fingerprint density at radius 2 is 1.97 bits per heavy atom. The van der Waals surface area contributed by atoms with Crippen molar-refractivity contribution in [1.29, 1.82) is 0 Å². The summed E-state index contributed by atoms with van der Waals surface area (Å²) in [7, 11) is -3.92. The van der Waals surface area contributed by atoms with Crippen molar-refractivity contribution >= 4 is 27.0 Å². The zero-order valence-electron chi connectivity index (χ0n) is 17.1. The molecule has 0 spiro atoms. The molecule has 2 aromatic carbocycles. The van der Waals surface area contributed by atoms with E-state index in [1.54, 1.807) is 19.9 Å². The number of rotatable bonds is 7. The predicted molar refractivity (Wildman–Crippen MR) is 108 cm³/mol. The SMILES string of the molecule is CCOC(=O)c1oc2ccc(S(=O)(=O)NCCc3cccc4c3OC(F)(F)O4)cc2c1C. The van der Waals surface area contributed by atoms with E-state index in [0.717, 1.165) is 0 Å². The Balaban J connectivity index is 1.51. The molecule has 0 fully saturated rings. The molecule has 0 radical (unpaired) electrons. The molecule has 0 atom stereocenters. The molecule has 3 aromatic rings. The van der Waals surface area contributed by atoms with Gasteiger partial charge in [0.2, 0.25) is 15.8 Å². The Kier molecular flexibility index (Phi) is 5.55. The molecular formula is C21H19F2NO7S. The molecule has 8 nitrogen and oxygen atoms in total. The van der Waals surface area contributed by atoms with Crippen molar-refractivity contribution in [2.45, 2.75) is 31.5 Å². The van der Waals surface area contributed by atoms with Gasteiger partial charge in [0.15, 0.2) is 11.5 Å². The van der Waals surface area contributed by atoms with Crippen LogP contribution in [0.5, 0.6) is 11.5 Å². The predicted octanol–water partition coefficient (Wildman–Crippen LogP) is 3.76. The third kappa shape index (κ3) is 4.13. The van der Waals surface area contributed by atoms with Gasteiger partial charge < -0.3 is 18.6 Å². The topological polar surface area (TPSA) is 104 Å². The van der Waals surface area contributed by atoms with E-state index >= 15 is 0 Å². The van der Waals surface area contributed by atoms with Crippen molar-refractivity contribution in [3.05, 3.63) is 53.3 Å². The summed E-state index contributed by atoms with van der Waals surface area (Å²) in [5.74, 6) is -0.829. The minimum absolute atomic E-state index is 0.0151. The second kappa shape index (κ2) is 8.06. The normalized spacial score (nSPS) is 14.6. The van der Waals surface area contributed by atoms with Gasteiger partial charge in [0.25, 0.3) is 0 Å². The van der Waals surface area contributed by atoms with Crippen LogP contribution in [0.3, 0.4) is 0 Å². The van der Waals surface area contributed by atoms with Crippen LogP contribution in [0.25, 0.3) is 11.0 Å². The molecule has 0 amide bonds. The maximum absolute atomic E-state index is 13.3. The lowest BCUT2D eigenvalue weighted by Crippen LogP contribution is -2.27. The molecular weight excluding hydrogens is 448 g/mol. The van der Waals surface area contributed by atoms with Crippen molar-refractivity contribution in [2.75, 3.05) is 13.2 Å². The van der Waals surface area contributed by atoms with Crippen molar-refractivity contribution in [3.63, 3.8) is 0 Å². The molecule has 0 unspecified atom stereocenters.